The van der Waals surface area contributed by atoms with E-state index in [9.17, 15) is 9.90 Å². The van der Waals surface area contributed by atoms with Crippen molar-refractivity contribution in [1.82, 2.24) is 0 Å². The first kappa shape index (κ1) is 11.0. The van der Waals surface area contributed by atoms with Crippen LogP contribution in [0.2, 0.25) is 0 Å². The molecule has 0 bridgehead atoms. The van der Waals surface area contributed by atoms with Gasteiger partial charge >= 0.3 is 5.97 Å². The number of rotatable bonds is 3. The Balaban J connectivity index is 2.34. The summed E-state index contributed by atoms with van der Waals surface area (Å²) >= 11 is 1.52. The molecular weight excluding hydrogens is 224 g/mol. The van der Waals surface area contributed by atoms with E-state index in [0.29, 0.717) is 6.61 Å². The lowest BCUT2D eigenvalue weighted by Crippen LogP contribution is -2.06. The summed E-state index contributed by atoms with van der Waals surface area (Å²) < 4.78 is 5.87. The van der Waals surface area contributed by atoms with Crippen LogP contribution in [-0.4, -0.2) is 17.7 Å². The molecule has 0 saturated heterocycles. The van der Waals surface area contributed by atoms with Gasteiger partial charge in [-0.1, -0.05) is 6.07 Å². The highest BCUT2D eigenvalue weighted by Crippen LogP contribution is 2.33. The number of carbonyl (C=O) groups excluding carboxylic acids is 1. The number of esters is 1. The Morgan fingerprint density at radius 3 is 3.06 bits per heavy atom. The molecule has 0 unspecified atom stereocenters. The number of hydrogen-bond acceptors (Lipinski definition) is 4. The predicted octanol–water partition coefficient (Wildman–Crippen LogP) is 2.71. The number of ether oxygens (including phenoxy) is 1. The Morgan fingerprint density at radius 2 is 2.31 bits per heavy atom. The average molecular weight is 236 g/mol. The summed E-state index contributed by atoms with van der Waals surface area (Å²) in [5, 5.41) is 12.4. The maximum absolute atomic E-state index is 11.4. The molecule has 3 nitrogen and oxygen atoms in total. The number of thiophene rings is 1. The van der Waals surface area contributed by atoms with E-state index in [0.717, 1.165) is 15.6 Å². The normalized spacial score (nSPS) is 10.6. The zero-order chi connectivity index (χ0) is 11.5. The molecule has 0 saturated carbocycles. The van der Waals surface area contributed by atoms with Gasteiger partial charge in [-0.25, -0.2) is 0 Å². The molecule has 1 N–H and O–H groups in total. The Kier molecular flexibility index (Phi) is 3.10. The van der Waals surface area contributed by atoms with E-state index in [1.54, 1.807) is 19.1 Å². The van der Waals surface area contributed by atoms with E-state index < -0.39 is 0 Å². The van der Waals surface area contributed by atoms with Gasteiger partial charge in [-0.2, -0.15) is 0 Å². The monoisotopic (exact) mass is 236 g/mol. The number of aromatic hydroxyl groups is 1. The van der Waals surface area contributed by atoms with Crippen LogP contribution in [0.4, 0.5) is 0 Å². The maximum Gasteiger partial charge on any atom is 0.310 e. The fourth-order valence-corrected chi connectivity index (χ4v) is 2.61. The van der Waals surface area contributed by atoms with E-state index in [4.69, 9.17) is 4.74 Å². The molecule has 0 spiro atoms. The van der Waals surface area contributed by atoms with Crippen molar-refractivity contribution in [2.24, 2.45) is 0 Å². The second-order valence-electron chi connectivity index (χ2n) is 3.39. The van der Waals surface area contributed by atoms with Gasteiger partial charge in [0.15, 0.2) is 0 Å². The van der Waals surface area contributed by atoms with Crippen molar-refractivity contribution in [1.29, 1.82) is 0 Å². The van der Waals surface area contributed by atoms with Crippen LogP contribution in [0.3, 0.4) is 0 Å². The minimum absolute atomic E-state index is 0.214. The standard InChI is InChI=1S/C12H12O3S/c1-2-15-11(14)6-8-7-16-10-5-3-4-9(13)12(8)10/h3-5,7,13H,2,6H2,1H3. The molecule has 2 rings (SSSR count). The van der Waals surface area contributed by atoms with Crippen LogP contribution < -0.4 is 0 Å². The van der Waals surface area contributed by atoms with Gasteiger partial charge in [0, 0.05) is 10.1 Å². The largest absolute Gasteiger partial charge is 0.507 e. The molecule has 4 heteroatoms. The summed E-state index contributed by atoms with van der Waals surface area (Å²) in [5.74, 6) is -0.0384. The molecule has 0 radical (unpaired) electrons. The number of carbonyl (C=O) groups is 1. The molecule has 16 heavy (non-hydrogen) atoms. The SMILES string of the molecule is CCOC(=O)Cc1csc2cccc(O)c12. The first-order valence-electron chi connectivity index (χ1n) is 5.06. The van der Waals surface area contributed by atoms with Crippen LogP contribution in [0.25, 0.3) is 10.1 Å². The van der Waals surface area contributed by atoms with Crippen LogP contribution in [0.1, 0.15) is 12.5 Å². The van der Waals surface area contributed by atoms with Crippen molar-refractivity contribution in [3.8, 4) is 5.75 Å². The number of phenols is 1. The van der Waals surface area contributed by atoms with Crippen molar-refractivity contribution < 1.29 is 14.6 Å². The summed E-state index contributed by atoms with van der Waals surface area (Å²) in [7, 11) is 0. The topological polar surface area (TPSA) is 46.5 Å². The maximum atomic E-state index is 11.4. The second-order valence-corrected chi connectivity index (χ2v) is 4.30. The summed E-state index contributed by atoms with van der Waals surface area (Å²) in [6.45, 7) is 2.16. The van der Waals surface area contributed by atoms with Gasteiger partial charge in [0.05, 0.1) is 13.0 Å². The van der Waals surface area contributed by atoms with Gasteiger partial charge < -0.3 is 9.84 Å². The van der Waals surface area contributed by atoms with Crippen molar-refractivity contribution in [3.63, 3.8) is 0 Å². The summed E-state index contributed by atoms with van der Waals surface area (Å²) in [6.07, 6.45) is 0.214. The molecule has 0 aliphatic heterocycles. The molecule has 0 aliphatic rings. The molecule has 1 aromatic heterocycles. The molecule has 0 amide bonds. The molecule has 0 aliphatic carbocycles. The Morgan fingerprint density at radius 1 is 1.50 bits per heavy atom. The lowest BCUT2D eigenvalue weighted by Gasteiger charge is -2.01. The van der Waals surface area contributed by atoms with Crippen LogP contribution in [0.15, 0.2) is 23.6 Å². The third-order valence-corrected chi connectivity index (χ3v) is 3.29. The zero-order valence-electron chi connectivity index (χ0n) is 8.90. The van der Waals surface area contributed by atoms with Crippen LogP contribution >= 0.6 is 11.3 Å². The predicted molar refractivity (Wildman–Crippen MR) is 63.8 cm³/mol. The van der Waals surface area contributed by atoms with E-state index in [1.165, 1.54) is 11.3 Å². The minimum Gasteiger partial charge on any atom is -0.507 e. The number of hydrogen-bond donors (Lipinski definition) is 1. The van der Waals surface area contributed by atoms with Gasteiger partial charge in [-0.05, 0) is 30.0 Å². The smallest absolute Gasteiger partial charge is 0.310 e. The average Bonchev–Trinajstić information content (AvgIpc) is 2.63. The van der Waals surface area contributed by atoms with Gasteiger partial charge in [-0.3, -0.25) is 4.79 Å². The molecule has 2 aromatic rings. The molecule has 84 valence electrons. The number of fused-ring (bicyclic) bond motifs is 1. The summed E-state index contributed by atoms with van der Waals surface area (Å²) in [6, 6.07) is 5.35. The Hall–Kier alpha value is -1.55. The molecule has 0 fully saturated rings. The zero-order valence-corrected chi connectivity index (χ0v) is 9.71. The lowest BCUT2D eigenvalue weighted by atomic mass is 10.1. The number of benzene rings is 1. The third kappa shape index (κ3) is 2.02. The van der Waals surface area contributed by atoms with E-state index in [1.807, 2.05) is 11.4 Å². The first-order chi connectivity index (χ1) is 7.72. The van der Waals surface area contributed by atoms with Crippen molar-refractivity contribution in [2.75, 3.05) is 6.61 Å². The van der Waals surface area contributed by atoms with Gasteiger partial charge in [-0.15, -0.1) is 11.3 Å². The van der Waals surface area contributed by atoms with Crippen molar-refractivity contribution >= 4 is 27.4 Å². The highest BCUT2D eigenvalue weighted by atomic mass is 32.1. The quantitative estimate of drug-likeness (QED) is 0.833. The van der Waals surface area contributed by atoms with Crippen LogP contribution in [-0.2, 0) is 16.0 Å². The molecule has 1 aromatic carbocycles. The van der Waals surface area contributed by atoms with E-state index >= 15 is 0 Å². The van der Waals surface area contributed by atoms with Crippen molar-refractivity contribution in [2.45, 2.75) is 13.3 Å². The highest BCUT2D eigenvalue weighted by molar-refractivity contribution is 7.17. The molecule has 0 atom stereocenters. The molecular formula is C12H12O3S. The van der Waals surface area contributed by atoms with E-state index in [2.05, 4.69) is 0 Å². The van der Waals surface area contributed by atoms with Crippen LogP contribution in [0, 0.1) is 0 Å². The second kappa shape index (κ2) is 4.53. The Labute approximate surface area is 97.3 Å². The third-order valence-electron chi connectivity index (χ3n) is 2.29. The fourth-order valence-electron chi connectivity index (χ4n) is 1.63. The van der Waals surface area contributed by atoms with Gasteiger partial charge in [0.25, 0.3) is 0 Å². The fraction of sp³-hybridized carbons (Fsp3) is 0.250. The first-order valence-corrected chi connectivity index (χ1v) is 5.94. The van der Waals surface area contributed by atoms with Crippen LogP contribution in [0.5, 0.6) is 5.75 Å². The lowest BCUT2D eigenvalue weighted by molar-refractivity contribution is -0.142. The van der Waals surface area contributed by atoms with Crippen molar-refractivity contribution in [3.05, 3.63) is 29.1 Å². The summed E-state index contributed by atoms with van der Waals surface area (Å²) in [4.78, 5) is 11.4. The molecule has 1 heterocycles. The number of phenolic OH excluding ortho intramolecular Hbond substituents is 1. The minimum atomic E-state index is -0.259. The van der Waals surface area contributed by atoms with E-state index in [-0.39, 0.29) is 18.1 Å². The summed E-state index contributed by atoms with van der Waals surface area (Å²) in [5.41, 5.74) is 0.830. The van der Waals surface area contributed by atoms with Gasteiger partial charge in [0.2, 0.25) is 0 Å². The highest BCUT2D eigenvalue weighted by Gasteiger charge is 2.12. The Bertz CT molecular complexity index is 516. The van der Waals surface area contributed by atoms with Gasteiger partial charge in [0.1, 0.15) is 5.75 Å².